The quantitative estimate of drug-likeness (QED) is 0.825. The molecule has 0 aliphatic heterocycles. The molecule has 0 fully saturated rings. The van der Waals surface area contributed by atoms with Crippen LogP contribution in [0.25, 0.3) is 0 Å². The molecule has 1 aromatic carbocycles. The van der Waals surface area contributed by atoms with Crippen LogP contribution >= 0.6 is 15.9 Å². The second-order valence-electron chi connectivity index (χ2n) is 4.02. The standard InChI is InChI=1S/C13H19BrFN/c1-3-5-11(4-2)16-9-10-6-7-13(15)12(14)8-10/h6-8,11,16H,3-5,9H2,1-2H3. The van der Waals surface area contributed by atoms with E-state index in [1.807, 2.05) is 12.1 Å². The molecular weight excluding hydrogens is 269 g/mol. The SMILES string of the molecule is CCCC(CC)NCc1ccc(F)c(Br)c1. The van der Waals surface area contributed by atoms with E-state index >= 15 is 0 Å². The van der Waals surface area contributed by atoms with E-state index in [0.717, 1.165) is 18.5 Å². The van der Waals surface area contributed by atoms with Crippen molar-refractivity contribution >= 4 is 15.9 Å². The Morgan fingerprint density at radius 1 is 1.38 bits per heavy atom. The van der Waals surface area contributed by atoms with Crippen molar-refractivity contribution in [1.82, 2.24) is 5.32 Å². The van der Waals surface area contributed by atoms with E-state index in [1.165, 1.54) is 18.9 Å². The monoisotopic (exact) mass is 287 g/mol. The van der Waals surface area contributed by atoms with Gasteiger partial charge in [-0.2, -0.15) is 0 Å². The molecule has 1 N–H and O–H groups in total. The van der Waals surface area contributed by atoms with Crippen LogP contribution in [0.4, 0.5) is 4.39 Å². The van der Waals surface area contributed by atoms with Gasteiger partial charge in [0.05, 0.1) is 4.47 Å². The van der Waals surface area contributed by atoms with Crippen molar-refractivity contribution in [3.05, 3.63) is 34.1 Å². The van der Waals surface area contributed by atoms with E-state index in [9.17, 15) is 4.39 Å². The summed E-state index contributed by atoms with van der Waals surface area (Å²) in [6, 6.07) is 5.73. The maximum absolute atomic E-state index is 13.0. The molecule has 0 aromatic heterocycles. The molecule has 16 heavy (non-hydrogen) atoms. The van der Waals surface area contributed by atoms with Gasteiger partial charge in [-0.15, -0.1) is 0 Å². The smallest absolute Gasteiger partial charge is 0.137 e. The molecule has 1 atom stereocenters. The van der Waals surface area contributed by atoms with E-state index < -0.39 is 0 Å². The van der Waals surface area contributed by atoms with Crippen molar-refractivity contribution in [2.24, 2.45) is 0 Å². The van der Waals surface area contributed by atoms with Gasteiger partial charge >= 0.3 is 0 Å². The maximum Gasteiger partial charge on any atom is 0.137 e. The first-order valence-electron chi connectivity index (χ1n) is 5.84. The molecule has 0 heterocycles. The number of hydrogen-bond donors (Lipinski definition) is 1. The zero-order valence-electron chi connectivity index (χ0n) is 9.89. The largest absolute Gasteiger partial charge is 0.310 e. The molecule has 0 spiro atoms. The fraction of sp³-hybridized carbons (Fsp3) is 0.538. The van der Waals surface area contributed by atoms with Gasteiger partial charge < -0.3 is 5.32 Å². The molecule has 90 valence electrons. The molecular formula is C13H19BrFN. The number of halogens is 2. The Morgan fingerprint density at radius 3 is 2.69 bits per heavy atom. The molecule has 0 saturated carbocycles. The second-order valence-corrected chi connectivity index (χ2v) is 4.88. The molecule has 1 unspecified atom stereocenters. The highest BCUT2D eigenvalue weighted by molar-refractivity contribution is 9.10. The van der Waals surface area contributed by atoms with Crippen LogP contribution in [0.2, 0.25) is 0 Å². The number of rotatable bonds is 6. The minimum Gasteiger partial charge on any atom is -0.310 e. The van der Waals surface area contributed by atoms with Crippen LogP contribution in [-0.2, 0) is 6.54 Å². The molecule has 1 nitrogen and oxygen atoms in total. The van der Waals surface area contributed by atoms with E-state index in [1.54, 1.807) is 0 Å². The van der Waals surface area contributed by atoms with Crippen molar-refractivity contribution in [3.8, 4) is 0 Å². The summed E-state index contributed by atoms with van der Waals surface area (Å²) in [4.78, 5) is 0. The van der Waals surface area contributed by atoms with Gasteiger partial charge in [0.1, 0.15) is 5.82 Å². The predicted octanol–water partition coefficient (Wildman–Crippen LogP) is 4.26. The number of hydrogen-bond acceptors (Lipinski definition) is 1. The third kappa shape index (κ3) is 4.22. The van der Waals surface area contributed by atoms with Crippen LogP contribution in [0.3, 0.4) is 0 Å². The summed E-state index contributed by atoms with van der Waals surface area (Å²) >= 11 is 3.20. The Balaban J connectivity index is 2.50. The van der Waals surface area contributed by atoms with Crippen molar-refractivity contribution in [3.63, 3.8) is 0 Å². The molecule has 3 heteroatoms. The average molecular weight is 288 g/mol. The first-order valence-corrected chi connectivity index (χ1v) is 6.64. The molecule has 0 saturated heterocycles. The Kier molecular flexibility index (Phi) is 5.99. The van der Waals surface area contributed by atoms with Gasteiger partial charge in [0.25, 0.3) is 0 Å². The van der Waals surface area contributed by atoms with Gasteiger partial charge in [-0.3, -0.25) is 0 Å². The normalized spacial score (nSPS) is 12.8. The van der Waals surface area contributed by atoms with E-state index in [0.29, 0.717) is 10.5 Å². The predicted molar refractivity (Wildman–Crippen MR) is 69.9 cm³/mol. The molecule has 1 aromatic rings. The van der Waals surface area contributed by atoms with Crippen molar-refractivity contribution in [2.45, 2.75) is 45.7 Å². The summed E-state index contributed by atoms with van der Waals surface area (Å²) in [7, 11) is 0. The van der Waals surface area contributed by atoms with Gasteiger partial charge in [-0.1, -0.05) is 26.3 Å². The first kappa shape index (κ1) is 13.7. The Bertz CT molecular complexity index is 328. The summed E-state index contributed by atoms with van der Waals surface area (Å²) in [6.07, 6.45) is 3.52. The lowest BCUT2D eigenvalue weighted by atomic mass is 10.1. The van der Waals surface area contributed by atoms with Crippen LogP contribution in [0.15, 0.2) is 22.7 Å². The molecule has 0 aliphatic rings. The first-order chi connectivity index (χ1) is 7.67. The summed E-state index contributed by atoms with van der Waals surface area (Å²) in [5.41, 5.74) is 1.11. The maximum atomic E-state index is 13.0. The number of nitrogens with one attached hydrogen (secondary N) is 1. The Hall–Kier alpha value is -0.410. The lowest BCUT2D eigenvalue weighted by Gasteiger charge is -2.16. The van der Waals surface area contributed by atoms with Gasteiger partial charge in [0, 0.05) is 12.6 Å². The highest BCUT2D eigenvalue weighted by Gasteiger charge is 2.05. The lowest BCUT2D eigenvalue weighted by Crippen LogP contribution is -2.27. The van der Waals surface area contributed by atoms with Crippen LogP contribution in [0.1, 0.15) is 38.7 Å². The highest BCUT2D eigenvalue weighted by Crippen LogP contribution is 2.17. The van der Waals surface area contributed by atoms with E-state index in [-0.39, 0.29) is 5.82 Å². The fourth-order valence-corrected chi connectivity index (χ4v) is 2.14. The van der Waals surface area contributed by atoms with Gasteiger partial charge in [0.15, 0.2) is 0 Å². The van der Waals surface area contributed by atoms with E-state index in [4.69, 9.17) is 0 Å². The topological polar surface area (TPSA) is 12.0 Å². The Morgan fingerprint density at radius 2 is 2.12 bits per heavy atom. The van der Waals surface area contributed by atoms with Crippen molar-refractivity contribution in [2.75, 3.05) is 0 Å². The number of benzene rings is 1. The van der Waals surface area contributed by atoms with E-state index in [2.05, 4.69) is 35.1 Å². The lowest BCUT2D eigenvalue weighted by molar-refractivity contribution is 0.462. The molecule has 0 amide bonds. The van der Waals surface area contributed by atoms with Crippen LogP contribution in [0.5, 0.6) is 0 Å². The zero-order chi connectivity index (χ0) is 12.0. The summed E-state index contributed by atoms with van der Waals surface area (Å²) in [6.45, 7) is 5.18. The minimum absolute atomic E-state index is 0.204. The van der Waals surface area contributed by atoms with Crippen molar-refractivity contribution in [1.29, 1.82) is 0 Å². The second kappa shape index (κ2) is 7.02. The zero-order valence-corrected chi connectivity index (χ0v) is 11.5. The van der Waals surface area contributed by atoms with Crippen LogP contribution in [0, 0.1) is 5.82 Å². The van der Waals surface area contributed by atoms with Gasteiger partial charge in [0.2, 0.25) is 0 Å². The fourth-order valence-electron chi connectivity index (χ4n) is 1.71. The third-order valence-corrected chi connectivity index (χ3v) is 3.32. The molecule has 1 rings (SSSR count). The van der Waals surface area contributed by atoms with Gasteiger partial charge in [-0.25, -0.2) is 4.39 Å². The molecule has 0 bridgehead atoms. The average Bonchev–Trinajstić information content (AvgIpc) is 2.28. The van der Waals surface area contributed by atoms with Gasteiger partial charge in [-0.05, 0) is 46.5 Å². The third-order valence-electron chi connectivity index (χ3n) is 2.71. The van der Waals surface area contributed by atoms with Crippen LogP contribution < -0.4 is 5.32 Å². The summed E-state index contributed by atoms with van der Waals surface area (Å²) in [5.74, 6) is -0.204. The summed E-state index contributed by atoms with van der Waals surface area (Å²) in [5, 5.41) is 3.49. The van der Waals surface area contributed by atoms with Crippen LogP contribution in [-0.4, -0.2) is 6.04 Å². The highest BCUT2D eigenvalue weighted by atomic mass is 79.9. The minimum atomic E-state index is -0.204. The molecule has 0 aliphatic carbocycles. The molecule has 0 radical (unpaired) electrons. The summed E-state index contributed by atoms with van der Waals surface area (Å²) < 4.78 is 13.6. The van der Waals surface area contributed by atoms with Crippen molar-refractivity contribution < 1.29 is 4.39 Å². The Labute approximate surface area is 106 Å².